The predicted octanol–water partition coefficient (Wildman–Crippen LogP) is 3.53. The summed E-state index contributed by atoms with van der Waals surface area (Å²) in [5, 5.41) is 5.47. The van der Waals surface area contributed by atoms with Crippen LogP contribution in [0.5, 0.6) is 5.75 Å². The molecule has 2 rings (SSSR count). The van der Waals surface area contributed by atoms with Gasteiger partial charge in [-0.3, -0.25) is 0 Å². The van der Waals surface area contributed by atoms with Gasteiger partial charge in [0.1, 0.15) is 5.75 Å². The normalized spacial score (nSPS) is 9.95. The number of carbonyl (C=O) groups excluding carboxylic acids is 1. The van der Waals surface area contributed by atoms with Gasteiger partial charge in [0.15, 0.2) is 0 Å². The number of hydrogen-bond donors (Lipinski definition) is 2. The molecule has 0 saturated carbocycles. The Kier molecular flexibility index (Phi) is 4.37. The van der Waals surface area contributed by atoms with Crippen molar-refractivity contribution in [1.82, 2.24) is 4.98 Å². The molecular formula is C13H11ClFN3O2. The fraction of sp³-hybridized carbons (Fsp3) is 0.0769. The van der Waals surface area contributed by atoms with Crippen LogP contribution in [0.3, 0.4) is 0 Å². The Balaban J connectivity index is 2.06. The lowest BCUT2D eigenvalue weighted by Gasteiger charge is -2.09. The molecule has 0 unspecified atom stereocenters. The molecule has 0 atom stereocenters. The number of anilines is 2. The first-order chi connectivity index (χ1) is 9.56. The number of pyridine rings is 1. The molecule has 0 aliphatic heterocycles. The Bertz CT molecular complexity index is 637. The Morgan fingerprint density at radius 3 is 2.70 bits per heavy atom. The van der Waals surface area contributed by atoms with E-state index in [9.17, 15) is 9.18 Å². The van der Waals surface area contributed by atoms with Gasteiger partial charge in [-0.25, -0.2) is 9.78 Å². The van der Waals surface area contributed by atoms with Crippen LogP contribution in [0.15, 0.2) is 36.5 Å². The Labute approximate surface area is 119 Å². The molecule has 0 bridgehead atoms. The number of benzene rings is 1. The number of carbonyl (C=O) groups is 1. The summed E-state index contributed by atoms with van der Waals surface area (Å²) in [6.07, 6.45) is 1.26. The number of urea groups is 1. The number of nitrogens with zero attached hydrogens (tertiary/aromatic N) is 1. The van der Waals surface area contributed by atoms with Crippen molar-refractivity contribution in [3.63, 3.8) is 0 Å². The van der Waals surface area contributed by atoms with Gasteiger partial charge in [-0.2, -0.15) is 4.39 Å². The van der Waals surface area contributed by atoms with Crippen molar-refractivity contribution in [3.05, 3.63) is 47.5 Å². The molecular weight excluding hydrogens is 285 g/mol. The van der Waals surface area contributed by atoms with Crippen LogP contribution in [0.4, 0.5) is 20.6 Å². The lowest BCUT2D eigenvalue weighted by Crippen LogP contribution is -2.19. The molecule has 0 saturated heterocycles. The van der Waals surface area contributed by atoms with E-state index in [2.05, 4.69) is 15.6 Å². The summed E-state index contributed by atoms with van der Waals surface area (Å²) in [5.41, 5.74) is 0.755. The lowest BCUT2D eigenvalue weighted by molar-refractivity contribution is 0.262. The number of amides is 2. The van der Waals surface area contributed by atoms with E-state index < -0.39 is 12.0 Å². The monoisotopic (exact) mass is 295 g/mol. The fourth-order valence-electron chi connectivity index (χ4n) is 1.53. The van der Waals surface area contributed by atoms with Gasteiger partial charge < -0.3 is 15.4 Å². The molecule has 1 aromatic heterocycles. The minimum Gasteiger partial charge on any atom is -0.497 e. The van der Waals surface area contributed by atoms with E-state index in [1.807, 2.05) is 0 Å². The van der Waals surface area contributed by atoms with Crippen LogP contribution in [0.2, 0.25) is 5.02 Å². The average Bonchev–Trinajstić information content (AvgIpc) is 2.37. The minimum atomic E-state index is -0.674. The molecule has 104 valence electrons. The minimum absolute atomic E-state index is 0.295. The third kappa shape index (κ3) is 3.83. The lowest BCUT2D eigenvalue weighted by atomic mass is 10.3. The standard InChI is InChI=1S/C13H11ClFN3O2/c1-20-11-5-8(14)4-10(6-11)18-13(19)17-9-2-3-16-12(15)7-9/h2-7H,1H3,(H2,16,17,18,19). The molecule has 2 N–H and O–H groups in total. The van der Waals surface area contributed by atoms with Crippen molar-refractivity contribution in [2.75, 3.05) is 17.7 Å². The highest BCUT2D eigenvalue weighted by Gasteiger charge is 2.06. The fourth-order valence-corrected chi connectivity index (χ4v) is 1.75. The summed E-state index contributed by atoms with van der Waals surface area (Å²) in [5.74, 6) is -0.157. The average molecular weight is 296 g/mol. The van der Waals surface area contributed by atoms with Gasteiger partial charge in [0.2, 0.25) is 5.95 Å². The second-order valence-corrected chi connectivity index (χ2v) is 4.26. The maximum Gasteiger partial charge on any atom is 0.323 e. The predicted molar refractivity (Wildman–Crippen MR) is 74.8 cm³/mol. The summed E-state index contributed by atoms with van der Waals surface area (Å²) < 4.78 is 17.9. The van der Waals surface area contributed by atoms with Crippen LogP contribution < -0.4 is 15.4 Å². The number of nitrogens with one attached hydrogen (secondary N) is 2. The highest BCUT2D eigenvalue weighted by Crippen LogP contribution is 2.24. The van der Waals surface area contributed by atoms with Crippen molar-refractivity contribution >= 4 is 29.0 Å². The Morgan fingerprint density at radius 2 is 2.00 bits per heavy atom. The van der Waals surface area contributed by atoms with Crippen molar-refractivity contribution in [3.8, 4) is 5.75 Å². The third-order valence-electron chi connectivity index (χ3n) is 2.35. The van der Waals surface area contributed by atoms with Crippen molar-refractivity contribution < 1.29 is 13.9 Å². The van der Waals surface area contributed by atoms with E-state index >= 15 is 0 Å². The highest BCUT2D eigenvalue weighted by atomic mass is 35.5. The van der Waals surface area contributed by atoms with E-state index in [0.717, 1.165) is 6.07 Å². The second-order valence-electron chi connectivity index (χ2n) is 3.83. The zero-order valence-corrected chi connectivity index (χ0v) is 11.2. The van der Waals surface area contributed by atoms with Crippen molar-refractivity contribution in [1.29, 1.82) is 0 Å². The summed E-state index contributed by atoms with van der Waals surface area (Å²) in [6.45, 7) is 0. The van der Waals surface area contributed by atoms with Gasteiger partial charge in [0.05, 0.1) is 7.11 Å². The molecule has 1 aromatic carbocycles. The molecule has 0 spiro atoms. The first kappa shape index (κ1) is 14.1. The number of aromatic nitrogens is 1. The van der Waals surface area contributed by atoms with Gasteiger partial charge in [-0.1, -0.05) is 11.6 Å². The first-order valence-corrected chi connectivity index (χ1v) is 5.99. The van der Waals surface area contributed by atoms with Gasteiger partial charge in [0.25, 0.3) is 0 Å². The van der Waals surface area contributed by atoms with E-state index in [1.54, 1.807) is 18.2 Å². The maximum absolute atomic E-state index is 12.9. The van der Waals surface area contributed by atoms with E-state index in [4.69, 9.17) is 16.3 Å². The summed E-state index contributed by atoms with van der Waals surface area (Å²) in [6, 6.07) is 6.84. The second kappa shape index (κ2) is 6.21. The van der Waals surface area contributed by atoms with Gasteiger partial charge in [-0.15, -0.1) is 0 Å². The molecule has 2 amide bonds. The summed E-state index contributed by atoms with van der Waals surface area (Å²) in [7, 11) is 1.50. The molecule has 1 heterocycles. The Morgan fingerprint density at radius 1 is 1.25 bits per heavy atom. The van der Waals surface area contributed by atoms with Crippen molar-refractivity contribution in [2.45, 2.75) is 0 Å². The maximum atomic E-state index is 12.9. The molecule has 0 aliphatic carbocycles. The largest absolute Gasteiger partial charge is 0.497 e. The van der Waals surface area contributed by atoms with E-state index in [0.29, 0.717) is 22.1 Å². The Hall–Kier alpha value is -2.34. The first-order valence-electron chi connectivity index (χ1n) is 5.61. The molecule has 2 aromatic rings. The van der Waals surface area contributed by atoms with E-state index in [1.165, 1.54) is 19.4 Å². The highest BCUT2D eigenvalue weighted by molar-refractivity contribution is 6.31. The van der Waals surface area contributed by atoms with Gasteiger partial charge in [-0.05, 0) is 18.2 Å². The molecule has 0 radical (unpaired) electrons. The topological polar surface area (TPSA) is 63.2 Å². The van der Waals surface area contributed by atoms with Gasteiger partial charge >= 0.3 is 6.03 Å². The van der Waals surface area contributed by atoms with Gasteiger partial charge in [0, 0.05) is 34.7 Å². The smallest absolute Gasteiger partial charge is 0.323 e. The van der Waals surface area contributed by atoms with Crippen LogP contribution >= 0.6 is 11.6 Å². The van der Waals surface area contributed by atoms with Crippen LogP contribution in [-0.2, 0) is 0 Å². The van der Waals surface area contributed by atoms with Crippen molar-refractivity contribution in [2.24, 2.45) is 0 Å². The molecule has 0 aliphatic rings. The number of ether oxygens (including phenoxy) is 1. The quantitative estimate of drug-likeness (QED) is 0.852. The molecule has 7 heteroatoms. The van der Waals surface area contributed by atoms with Crippen LogP contribution in [-0.4, -0.2) is 18.1 Å². The van der Waals surface area contributed by atoms with Crippen LogP contribution in [0, 0.1) is 5.95 Å². The van der Waals surface area contributed by atoms with Crippen LogP contribution in [0.25, 0.3) is 0 Å². The third-order valence-corrected chi connectivity index (χ3v) is 2.57. The molecule has 5 nitrogen and oxygen atoms in total. The van der Waals surface area contributed by atoms with E-state index in [-0.39, 0.29) is 0 Å². The summed E-state index contributed by atoms with van der Waals surface area (Å²) in [4.78, 5) is 15.1. The number of rotatable bonds is 3. The van der Waals surface area contributed by atoms with Crippen LogP contribution in [0.1, 0.15) is 0 Å². The number of hydrogen-bond acceptors (Lipinski definition) is 3. The zero-order valence-electron chi connectivity index (χ0n) is 10.5. The number of methoxy groups -OCH3 is 1. The zero-order chi connectivity index (χ0) is 14.5. The number of halogens is 2. The SMILES string of the molecule is COc1cc(Cl)cc(NC(=O)Nc2ccnc(F)c2)c1. The molecule has 0 fully saturated rings. The molecule has 20 heavy (non-hydrogen) atoms. The summed E-state index contributed by atoms with van der Waals surface area (Å²) >= 11 is 5.88.